The van der Waals surface area contributed by atoms with Crippen molar-refractivity contribution in [2.75, 3.05) is 32.4 Å². The highest BCUT2D eigenvalue weighted by molar-refractivity contribution is 7.90. The predicted octanol–water partition coefficient (Wildman–Crippen LogP) is 2.55. The molecule has 0 saturated heterocycles. The number of anilines is 1. The molecule has 200 valence electrons. The van der Waals surface area contributed by atoms with Gasteiger partial charge in [-0.2, -0.15) is 8.42 Å². The van der Waals surface area contributed by atoms with Gasteiger partial charge < -0.3 is 19.7 Å². The van der Waals surface area contributed by atoms with Gasteiger partial charge in [-0.05, 0) is 37.0 Å². The smallest absolute Gasteiger partial charge is 0.414 e. The van der Waals surface area contributed by atoms with E-state index in [1.54, 1.807) is 26.2 Å². The number of hydrogen-bond donors (Lipinski definition) is 3. The summed E-state index contributed by atoms with van der Waals surface area (Å²) in [6, 6.07) is 9.62. The average molecular weight is 535 g/mol. The first-order valence-corrected chi connectivity index (χ1v) is 13.4. The number of carbonyl (C=O) groups is 2. The maximum absolute atomic E-state index is 15.4. The minimum Gasteiger partial charge on any atom is -0.426 e. The lowest BCUT2D eigenvalue weighted by Gasteiger charge is -2.41. The van der Waals surface area contributed by atoms with E-state index in [1.165, 1.54) is 36.2 Å². The molecule has 0 bridgehead atoms. The van der Waals surface area contributed by atoms with E-state index < -0.39 is 39.4 Å². The molecule has 3 N–H and O–H groups in total. The van der Waals surface area contributed by atoms with E-state index in [4.69, 9.17) is 9.47 Å². The second-order valence-electron chi connectivity index (χ2n) is 9.76. The Morgan fingerprint density at radius 3 is 2.62 bits per heavy atom. The fourth-order valence-electron chi connectivity index (χ4n) is 4.34. The van der Waals surface area contributed by atoms with E-state index in [0.29, 0.717) is 12.6 Å². The Kier molecular flexibility index (Phi) is 7.45. The largest absolute Gasteiger partial charge is 0.426 e. The third-order valence-electron chi connectivity index (χ3n) is 6.75. The number of halogens is 1. The number of fused-ring (bicyclic) bond motifs is 1. The third kappa shape index (κ3) is 5.86. The summed E-state index contributed by atoms with van der Waals surface area (Å²) in [4.78, 5) is 26.6. The topological polar surface area (TPSA) is 126 Å². The summed E-state index contributed by atoms with van der Waals surface area (Å²) < 4.78 is 54.4. The zero-order chi connectivity index (χ0) is 27.0. The van der Waals surface area contributed by atoms with Crippen molar-refractivity contribution in [1.29, 1.82) is 0 Å². The predicted molar refractivity (Wildman–Crippen MR) is 135 cm³/mol. The van der Waals surface area contributed by atoms with Crippen LogP contribution in [-0.2, 0) is 26.8 Å². The Morgan fingerprint density at radius 2 is 1.97 bits per heavy atom. The van der Waals surface area contributed by atoms with E-state index >= 15 is 4.39 Å². The molecule has 12 heteroatoms. The van der Waals surface area contributed by atoms with Crippen LogP contribution >= 0.6 is 0 Å². The van der Waals surface area contributed by atoms with Crippen LogP contribution in [0, 0.1) is 11.7 Å². The van der Waals surface area contributed by atoms with Gasteiger partial charge in [0, 0.05) is 50.8 Å². The molecule has 1 saturated carbocycles. The van der Waals surface area contributed by atoms with Crippen molar-refractivity contribution in [3.63, 3.8) is 0 Å². The maximum Gasteiger partial charge on any atom is 0.414 e. The minimum atomic E-state index is -3.93. The Morgan fingerprint density at radius 1 is 1.24 bits per heavy atom. The van der Waals surface area contributed by atoms with Crippen LogP contribution in [0.1, 0.15) is 30.9 Å². The number of carbonyl (C=O) groups excluding carboxylic acids is 2. The van der Waals surface area contributed by atoms with Crippen molar-refractivity contribution in [3.05, 3.63) is 53.3 Å². The highest BCUT2D eigenvalue weighted by Crippen LogP contribution is 2.46. The molecule has 2 atom stereocenters. The summed E-state index contributed by atoms with van der Waals surface area (Å²) in [5.41, 5.74) is -0.107. The zero-order valence-corrected chi connectivity index (χ0v) is 21.9. The Bertz CT molecular complexity index is 1310. The molecule has 1 fully saturated rings. The van der Waals surface area contributed by atoms with Crippen molar-refractivity contribution in [2.24, 2.45) is 5.92 Å². The van der Waals surface area contributed by atoms with Crippen LogP contribution in [-0.4, -0.2) is 59.1 Å². The molecule has 2 aromatic carbocycles. The maximum atomic E-state index is 15.4. The first kappa shape index (κ1) is 26.8. The number of benzene rings is 2. The molecular formula is C25H31FN4O6S. The molecule has 0 spiro atoms. The van der Waals surface area contributed by atoms with E-state index in [2.05, 4.69) is 14.8 Å². The second kappa shape index (κ2) is 10.3. The summed E-state index contributed by atoms with van der Waals surface area (Å²) in [6.07, 6.45) is 1.50. The van der Waals surface area contributed by atoms with Crippen LogP contribution in [0.3, 0.4) is 0 Å². The fourth-order valence-corrected chi connectivity index (χ4v) is 4.89. The summed E-state index contributed by atoms with van der Waals surface area (Å²) in [6.45, 7) is 2.36. The fraction of sp³-hybridized carbons (Fsp3) is 0.440. The Hall–Kier alpha value is -3.22. The van der Waals surface area contributed by atoms with Gasteiger partial charge in [-0.1, -0.05) is 25.1 Å². The molecule has 0 radical (unpaired) electrons. The van der Waals surface area contributed by atoms with E-state index in [9.17, 15) is 18.0 Å². The lowest BCUT2D eigenvalue weighted by atomic mass is 9.67. The van der Waals surface area contributed by atoms with Crippen LogP contribution in [0.25, 0.3) is 0 Å². The second-order valence-corrected chi connectivity index (χ2v) is 11.4. The molecule has 1 aliphatic heterocycles. The first-order valence-electron chi connectivity index (χ1n) is 11.9. The quantitative estimate of drug-likeness (QED) is 0.333. The lowest BCUT2D eigenvalue weighted by molar-refractivity contribution is -0.143. The molecule has 0 aromatic heterocycles. The van der Waals surface area contributed by atoms with Gasteiger partial charge in [-0.25, -0.2) is 13.9 Å². The van der Waals surface area contributed by atoms with Gasteiger partial charge in [0.1, 0.15) is 11.5 Å². The third-order valence-corrected chi connectivity index (χ3v) is 7.78. The number of nitrogens with one attached hydrogen (secondary N) is 3. The zero-order valence-electron chi connectivity index (χ0n) is 21.1. The standard InChI is InChI=1S/C25H31FN4O6S/c1-25(14-28-16-8-9-16)18-11-10-17(35-24(32)30(3)4)13-21(18)36-23(31)19(25)12-15-6-5-7-20(22(15)26)29-37(33,34)27-2/h5-7,10-11,13,16,19,27-29H,8-9,12,14H2,1-4H3. The molecule has 2 aromatic rings. The van der Waals surface area contributed by atoms with Crippen LogP contribution in [0.4, 0.5) is 14.9 Å². The van der Waals surface area contributed by atoms with Gasteiger partial charge in [0.25, 0.3) is 10.2 Å². The molecule has 1 amide bonds. The Balaban J connectivity index is 1.68. The molecule has 10 nitrogen and oxygen atoms in total. The molecule has 2 unspecified atom stereocenters. The van der Waals surface area contributed by atoms with Gasteiger partial charge in [-0.3, -0.25) is 9.52 Å². The average Bonchev–Trinajstić information content (AvgIpc) is 3.67. The number of nitrogens with zero attached hydrogens (tertiary/aromatic N) is 1. The summed E-state index contributed by atoms with van der Waals surface area (Å²) in [5.74, 6) is -1.57. The molecule has 37 heavy (non-hydrogen) atoms. The Labute approximate surface area is 215 Å². The number of hydrogen-bond acceptors (Lipinski definition) is 7. The van der Waals surface area contributed by atoms with Crippen molar-refractivity contribution < 1.29 is 31.9 Å². The summed E-state index contributed by atoms with van der Waals surface area (Å²) in [7, 11) is 0.403. The van der Waals surface area contributed by atoms with Crippen LogP contribution in [0.2, 0.25) is 0 Å². The van der Waals surface area contributed by atoms with Crippen LogP contribution in [0.15, 0.2) is 36.4 Å². The lowest BCUT2D eigenvalue weighted by Crippen LogP contribution is -2.50. The number of amides is 1. The number of esters is 1. The van der Waals surface area contributed by atoms with Gasteiger partial charge in [0.05, 0.1) is 11.6 Å². The highest BCUT2D eigenvalue weighted by atomic mass is 32.2. The summed E-state index contributed by atoms with van der Waals surface area (Å²) >= 11 is 0. The summed E-state index contributed by atoms with van der Waals surface area (Å²) in [5, 5.41) is 3.48. The number of rotatable bonds is 9. The monoisotopic (exact) mass is 534 g/mol. The highest BCUT2D eigenvalue weighted by Gasteiger charge is 2.48. The first-order chi connectivity index (χ1) is 17.4. The molecule has 4 rings (SSSR count). The molecule has 1 heterocycles. The van der Waals surface area contributed by atoms with Gasteiger partial charge in [-0.15, -0.1) is 0 Å². The molecular weight excluding hydrogens is 503 g/mol. The van der Waals surface area contributed by atoms with E-state index in [1.807, 2.05) is 6.92 Å². The van der Waals surface area contributed by atoms with Crippen molar-refractivity contribution >= 4 is 28.0 Å². The molecule has 2 aliphatic rings. The van der Waals surface area contributed by atoms with E-state index in [-0.39, 0.29) is 29.2 Å². The van der Waals surface area contributed by atoms with Crippen molar-refractivity contribution in [1.82, 2.24) is 14.9 Å². The SMILES string of the molecule is CNS(=O)(=O)Nc1cccc(CC2C(=O)Oc3cc(OC(=O)N(C)C)ccc3C2(C)CNC2CC2)c1F. The van der Waals surface area contributed by atoms with E-state index in [0.717, 1.165) is 18.4 Å². The van der Waals surface area contributed by atoms with Crippen molar-refractivity contribution in [3.8, 4) is 11.5 Å². The minimum absolute atomic E-state index is 0.0144. The van der Waals surface area contributed by atoms with Crippen LogP contribution < -0.4 is 24.2 Å². The van der Waals surface area contributed by atoms with Crippen molar-refractivity contribution in [2.45, 2.75) is 37.6 Å². The van der Waals surface area contributed by atoms with Gasteiger partial charge >= 0.3 is 12.1 Å². The van der Waals surface area contributed by atoms with Crippen LogP contribution in [0.5, 0.6) is 11.5 Å². The molecule has 1 aliphatic carbocycles. The normalized spacial score (nSPS) is 21.1. The number of ether oxygens (including phenoxy) is 2. The van der Waals surface area contributed by atoms with Gasteiger partial charge in [0.2, 0.25) is 0 Å². The van der Waals surface area contributed by atoms with Gasteiger partial charge in [0.15, 0.2) is 5.82 Å².